The summed E-state index contributed by atoms with van der Waals surface area (Å²) in [5, 5.41) is 2.79. The lowest BCUT2D eigenvalue weighted by Crippen LogP contribution is -2.15. The van der Waals surface area contributed by atoms with Crippen molar-refractivity contribution in [2.24, 2.45) is 0 Å². The van der Waals surface area contributed by atoms with Crippen LogP contribution < -0.4 is 0 Å². The molecule has 1 unspecified atom stereocenters. The Kier molecular flexibility index (Phi) is 2.67. The van der Waals surface area contributed by atoms with Crippen molar-refractivity contribution in [1.82, 2.24) is 0 Å². The van der Waals surface area contributed by atoms with E-state index in [0.717, 1.165) is 0 Å². The Morgan fingerprint density at radius 2 is 1.78 bits per heavy atom. The van der Waals surface area contributed by atoms with E-state index in [1.807, 2.05) is 0 Å². The van der Waals surface area contributed by atoms with Crippen LogP contribution in [-0.2, 0) is 0 Å². The van der Waals surface area contributed by atoms with Gasteiger partial charge in [-0.05, 0) is 41.3 Å². The molecule has 1 aliphatic carbocycles. The Balaban J connectivity index is 2.29. The van der Waals surface area contributed by atoms with Gasteiger partial charge in [-0.25, -0.2) is 0 Å². The highest BCUT2D eigenvalue weighted by Gasteiger charge is 2.26. The van der Waals surface area contributed by atoms with Crippen LogP contribution in [-0.4, -0.2) is 8.80 Å². The molecular formula is C17H19Si. The minimum atomic E-state index is -0.317. The van der Waals surface area contributed by atoms with E-state index in [2.05, 4.69) is 63.3 Å². The van der Waals surface area contributed by atoms with Crippen LogP contribution in [0.25, 0.3) is 16.8 Å². The van der Waals surface area contributed by atoms with Gasteiger partial charge in [-0.15, -0.1) is 0 Å². The number of allylic oxidation sites excluding steroid dienone is 1. The molecule has 3 rings (SSSR count). The molecule has 2 aromatic carbocycles. The second kappa shape index (κ2) is 4.10. The van der Waals surface area contributed by atoms with Crippen LogP contribution >= 0.6 is 0 Å². The van der Waals surface area contributed by atoms with E-state index < -0.39 is 0 Å². The predicted octanol–water partition coefficient (Wildman–Crippen LogP) is 4.94. The van der Waals surface area contributed by atoms with Gasteiger partial charge in [0.05, 0.1) is 8.80 Å². The van der Waals surface area contributed by atoms with Gasteiger partial charge in [-0.1, -0.05) is 60.6 Å². The second-order valence-electron chi connectivity index (χ2n) is 5.69. The van der Waals surface area contributed by atoms with Crippen molar-refractivity contribution in [3.05, 3.63) is 52.6 Å². The summed E-state index contributed by atoms with van der Waals surface area (Å²) in [7, 11) is -0.317. The summed E-state index contributed by atoms with van der Waals surface area (Å²) in [5.74, 6) is 0. The zero-order valence-corrected chi connectivity index (χ0v) is 12.5. The fourth-order valence-corrected chi connectivity index (χ4v) is 5.09. The molecule has 1 radical (unpaired) electrons. The fourth-order valence-electron chi connectivity index (χ4n) is 3.23. The molecule has 0 saturated heterocycles. The van der Waals surface area contributed by atoms with Crippen molar-refractivity contribution >= 4 is 25.6 Å². The fraction of sp³-hybridized carbons (Fsp3) is 0.294. The monoisotopic (exact) mass is 251 g/mol. The zero-order valence-electron chi connectivity index (χ0n) is 11.5. The van der Waals surface area contributed by atoms with Crippen molar-refractivity contribution in [2.75, 3.05) is 0 Å². The Hall–Kier alpha value is -1.34. The minimum Gasteiger partial charge on any atom is -0.0705 e. The van der Waals surface area contributed by atoms with Crippen molar-refractivity contribution in [1.29, 1.82) is 0 Å². The number of hydrogen-bond donors (Lipinski definition) is 0. The Morgan fingerprint density at radius 1 is 1.00 bits per heavy atom. The third-order valence-corrected chi connectivity index (χ3v) is 5.89. The summed E-state index contributed by atoms with van der Waals surface area (Å²) >= 11 is 0. The van der Waals surface area contributed by atoms with E-state index in [1.54, 1.807) is 11.1 Å². The molecule has 2 aromatic rings. The van der Waals surface area contributed by atoms with Gasteiger partial charge in [0.1, 0.15) is 0 Å². The van der Waals surface area contributed by atoms with Crippen molar-refractivity contribution in [2.45, 2.75) is 32.5 Å². The molecule has 0 spiro atoms. The van der Waals surface area contributed by atoms with Crippen LogP contribution in [0.1, 0.15) is 29.2 Å². The first-order valence-electron chi connectivity index (χ1n) is 6.59. The van der Waals surface area contributed by atoms with Crippen molar-refractivity contribution in [3.63, 3.8) is 0 Å². The van der Waals surface area contributed by atoms with Gasteiger partial charge in [0.2, 0.25) is 0 Å². The molecule has 1 atom stereocenters. The van der Waals surface area contributed by atoms with Crippen LogP contribution in [0.5, 0.6) is 0 Å². The maximum absolute atomic E-state index is 2.42. The van der Waals surface area contributed by atoms with Crippen LogP contribution in [0.15, 0.2) is 35.9 Å². The number of hydrogen-bond acceptors (Lipinski definition) is 0. The molecule has 0 aromatic heterocycles. The van der Waals surface area contributed by atoms with Gasteiger partial charge in [-0.3, -0.25) is 0 Å². The van der Waals surface area contributed by atoms with Crippen LogP contribution in [0.4, 0.5) is 0 Å². The van der Waals surface area contributed by atoms with E-state index in [9.17, 15) is 0 Å². The predicted molar refractivity (Wildman–Crippen MR) is 82.6 cm³/mol. The van der Waals surface area contributed by atoms with Crippen LogP contribution in [0.3, 0.4) is 0 Å². The molecule has 0 heterocycles. The normalized spacial score (nSPS) is 18.3. The molecule has 0 saturated carbocycles. The minimum absolute atomic E-state index is 0.317. The number of rotatable bonds is 1. The average Bonchev–Trinajstić information content (AvgIpc) is 2.64. The van der Waals surface area contributed by atoms with Crippen LogP contribution in [0.2, 0.25) is 13.1 Å². The van der Waals surface area contributed by atoms with Gasteiger partial charge < -0.3 is 0 Å². The summed E-state index contributed by atoms with van der Waals surface area (Å²) in [4.78, 5) is 0. The first-order chi connectivity index (χ1) is 8.58. The van der Waals surface area contributed by atoms with E-state index in [-0.39, 0.29) is 8.80 Å². The summed E-state index contributed by atoms with van der Waals surface area (Å²) in [6.45, 7) is 9.29. The molecule has 0 bridgehead atoms. The zero-order chi connectivity index (χ0) is 12.9. The highest BCUT2D eigenvalue weighted by Crippen LogP contribution is 2.41. The summed E-state index contributed by atoms with van der Waals surface area (Å²) in [6.07, 6.45) is 2.41. The van der Waals surface area contributed by atoms with E-state index in [0.29, 0.717) is 5.54 Å². The van der Waals surface area contributed by atoms with Gasteiger partial charge in [0.15, 0.2) is 0 Å². The lowest BCUT2D eigenvalue weighted by molar-refractivity contribution is 1.11. The number of aryl methyl sites for hydroxylation is 1. The van der Waals surface area contributed by atoms with Crippen molar-refractivity contribution < 1.29 is 0 Å². The maximum atomic E-state index is 2.42. The molecule has 91 valence electrons. The van der Waals surface area contributed by atoms with Crippen LogP contribution in [0, 0.1) is 6.92 Å². The Bertz CT molecular complexity index is 650. The summed E-state index contributed by atoms with van der Waals surface area (Å²) < 4.78 is 0. The third kappa shape index (κ3) is 1.65. The smallest absolute Gasteiger partial charge is 0.0551 e. The number of fused-ring (bicyclic) bond motifs is 3. The molecular weight excluding hydrogens is 232 g/mol. The first kappa shape index (κ1) is 11.7. The summed E-state index contributed by atoms with van der Waals surface area (Å²) in [6, 6.07) is 11.4. The Morgan fingerprint density at radius 3 is 2.50 bits per heavy atom. The molecule has 18 heavy (non-hydrogen) atoms. The molecule has 1 heteroatoms. The topological polar surface area (TPSA) is 0 Å². The van der Waals surface area contributed by atoms with E-state index in [1.165, 1.54) is 21.9 Å². The molecule has 0 aliphatic heterocycles. The number of benzene rings is 2. The second-order valence-corrected chi connectivity index (χ2v) is 8.42. The quantitative estimate of drug-likeness (QED) is 0.630. The molecule has 0 amide bonds. The van der Waals surface area contributed by atoms with E-state index >= 15 is 0 Å². The molecule has 1 aliphatic rings. The maximum Gasteiger partial charge on any atom is 0.0551 e. The van der Waals surface area contributed by atoms with Gasteiger partial charge in [-0.2, -0.15) is 0 Å². The van der Waals surface area contributed by atoms with Crippen molar-refractivity contribution in [3.8, 4) is 0 Å². The summed E-state index contributed by atoms with van der Waals surface area (Å²) in [5.41, 5.74) is 6.63. The highest BCUT2D eigenvalue weighted by molar-refractivity contribution is 6.58. The first-order valence-corrected chi connectivity index (χ1v) is 9.17. The SMILES string of the molecule is CC1=Cc2c(ccc3cc(C)ccc23)C1[Si](C)C. The van der Waals surface area contributed by atoms with Gasteiger partial charge in [0.25, 0.3) is 0 Å². The molecule has 0 nitrogen and oxygen atoms in total. The lowest BCUT2D eigenvalue weighted by atomic mass is 9.99. The molecule has 0 N–H and O–H groups in total. The lowest BCUT2D eigenvalue weighted by Gasteiger charge is -2.17. The molecule has 0 fully saturated rings. The largest absolute Gasteiger partial charge is 0.0705 e. The standard InChI is InChI=1S/C17H19Si/c1-11-5-7-14-13(9-11)6-8-15-16(14)10-12(2)17(15)18(3)4/h5-10,17H,1-4H3. The average molecular weight is 251 g/mol. The highest BCUT2D eigenvalue weighted by atomic mass is 28.3. The Labute approximate surface area is 111 Å². The van der Waals surface area contributed by atoms with E-state index in [4.69, 9.17) is 0 Å². The third-order valence-electron chi connectivity index (χ3n) is 3.97. The van der Waals surface area contributed by atoms with Gasteiger partial charge in [0, 0.05) is 0 Å². The van der Waals surface area contributed by atoms with Gasteiger partial charge >= 0.3 is 0 Å².